The minimum Gasteiger partial charge on any atom is -0.353 e. The molecule has 0 aromatic carbocycles. The molecule has 0 radical (unpaired) electrons. The molecule has 1 aliphatic rings. The first-order valence-corrected chi connectivity index (χ1v) is 4.05. The van der Waals surface area contributed by atoms with E-state index in [9.17, 15) is 0 Å². The molecular weight excluding hydrogens is 159 g/mol. The van der Waals surface area contributed by atoms with E-state index in [1.54, 1.807) is 0 Å². The van der Waals surface area contributed by atoms with Gasteiger partial charge in [-0.2, -0.15) is 0 Å². The van der Waals surface area contributed by atoms with Gasteiger partial charge in [-0.25, -0.2) is 0 Å². The normalized spacial score (nSPS) is 30.7. The Bertz CT molecular complexity index is 60.1. The molecule has 0 amide bonds. The van der Waals surface area contributed by atoms with Crippen molar-refractivity contribution in [3.8, 4) is 0 Å². The molecule has 1 saturated heterocycles. The number of epoxide rings is 1. The van der Waals surface area contributed by atoms with Crippen molar-refractivity contribution in [3.63, 3.8) is 0 Å². The van der Waals surface area contributed by atoms with Gasteiger partial charge in [0.05, 0.1) is 6.10 Å². The standard InChI is InChI=1S/C3H5ClO.C3H7Cl/c1-2-3(4)5-2;1-2-3-4/h2-3H,1H3;2-3H2,1H3. The molecule has 9 heavy (non-hydrogen) atoms. The van der Waals surface area contributed by atoms with Gasteiger partial charge in [-0.05, 0) is 13.3 Å². The van der Waals surface area contributed by atoms with Gasteiger partial charge < -0.3 is 4.74 Å². The summed E-state index contributed by atoms with van der Waals surface area (Å²) in [7, 11) is 0. The molecule has 0 bridgehead atoms. The molecule has 1 aliphatic heterocycles. The van der Waals surface area contributed by atoms with E-state index in [1.807, 2.05) is 13.8 Å². The van der Waals surface area contributed by atoms with Crippen LogP contribution in [-0.4, -0.2) is 17.5 Å². The highest BCUT2D eigenvalue weighted by Crippen LogP contribution is 2.23. The number of ether oxygens (including phenoxy) is 1. The average Bonchev–Trinajstić information content (AvgIpc) is 2.47. The predicted molar refractivity (Wildman–Crippen MR) is 41.2 cm³/mol. The molecule has 2 atom stereocenters. The van der Waals surface area contributed by atoms with Crippen LogP contribution >= 0.6 is 23.2 Å². The topological polar surface area (TPSA) is 12.5 Å². The van der Waals surface area contributed by atoms with Crippen LogP contribution in [0.25, 0.3) is 0 Å². The van der Waals surface area contributed by atoms with Gasteiger partial charge in [-0.1, -0.05) is 18.5 Å². The van der Waals surface area contributed by atoms with Gasteiger partial charge in [-0.15, -0.1) is 11.6 Å². The molecule has 0 aromatic rings. The monoisotopic (exact) mass is 170 g/mol. The fourth-order valence-electron chi connectivity index (χ4n) is 0.160. The van der Waals surface area contributed by atoms with Crippen molar-refractivity contribution in [2.45, 2.75) is 31.9 Å². The maximum absolute atomic E-state index is 5.31. The van der Waals surface area contributed by atoms with Crippen LogP contribution in [0.2, 0.25) is 0 Å². The zero-order chi connectivity index (χ0) is 7.28. The van der Waals surface area contributed by atoms with E-state index in [0.717, 1.165) is 12.3 Å². The summed E-state index contributed by atoms with van der Waals surface area (Å²) < 4.78 is 4.68. The van der Waals surface area contributed by atoms with Gasteiger partial charge in [0.15, 0.2) is 5.56 Å². The van der Waals surface area contributed by atoms with Gasteiger partial charge in [0.25, 0.3) is 0 Å². The second-order valence-electron chi connectivity index (χ2n) is 1.88. The highest BCUT2D eigenvalue weighted by Gasteiger charge is 2.30. The first kappa shape index (κ1) is 9.54. The van der Waals surface area contributed by atoms with Crippen LogP contribution in [0.15, 0.2) is 0 Å². The highest BCUT2D eigenvalue weighted by atomic mass is 35.5. The van der Waals surface area contributed by atoms with Crippen molar-refractivity contribution in [3.05, 3.63) is 0 Å². The van der Waals surface area contributed by atoms with Crippen LogP contribution < -0.4 is 0 Å². The zero-order valence-electron chi connectivity index (χ0n) is 5.73. The molecule has 1 rings (SSSR count). The lowest BCUT2D eigenvalue weighted by Crippen LogP contribution is -1.69. The molecule has 56 valence electrons. The Hall–Kier alpha value is 0.540. The molecule has 0 aromatic heterocycles. The molecule has 0 N–H and O–H groups in total. The van der Waals surface area contributed by atoms with Gasteiger partial charge in [0.2, 0.25) is 0 Å². The van der Waals surface area contributed by atoms with Crippen LogP contribution in [0.5, 0.6) is 0 Å². The van der Waals surface area contributed by atoms with E-state index in [-0.39, 0.29) is 5.56 Å². The van der Waals surface area contributed by atoms with Gasteiger partial charge in [0, 0.05) is 5.88 Å². The number of halogens is 2. The summed E-state index contributed by atoms with van der Waals surface area (Å²) in [6.45, 7) is 3.99. The van der Waals surface area contributed by atoms with Crippen LogP contribution in [0.4, 0.5) is 0 Å². The average molecular weight is 171 g/mol. The summed E-state index contributed by atoms with van der Waals surface area (Å²) >= 11 is 10.5. The third kappa shape index (κ3) is 6.42. The van der Waals surface area contributed by atoms with Crippen molar-refractivity contribution >= 4 is 23.2 Å². The summed E-state index contributed by atoms with van der Waals surface area (Å²) in [5.41, 5.74) is 0.0231. The second-order valence-corrected chi connectivity index (χ2v) is 2.69. The van der Waals surface area contributed by atoms with Crippen LogP contribution in [-0.2, 0) is 4.74 Å². The van der Waals surface area contributed by atoms with Crippen LogP contribution in [0, 0.1) is 0 Å². The minimum atomic E-state index is 0.0231. The number of hydrogen-bond acceptors (Lipinski definition) is 1. The van der Waals surface area contributed by atoms with E-state index in [4.69, 9.17) is 23.2 Å². The van der Waals surface area contributed by atoms with Crippen LogP contribution in [0.3, 0.4) is 0 Å². The third-order valence-corrected chi connectivity index (χ3v) is 1.66. The molecule has 1 fully saturated rings. The summed E-state index contributed by atoms with van der Waals surface area (Å²) in [6.07, 6.45) is 1.40. The highest BCUT2D eigenvalue weighted by molar-refractivity contribution is 6.21. The molecule has 3 heteroatoms. The maximum Gasteiger partial charge on any atom is 0.157 e. The van der Waals surface area contributed by atoms with Crippen molar-refractivity contribution in [1.82, 2.24) is 0 Å². The van der Waals surface area contributed by atoms with E-state index in [0.29, 0.717) is 6.10 Å². The van der Waals surface area contributed by atoms with Crippen molar-refractivity contribution in [2.75, 3.05) is 5.88 Å². The van der Waals surface area contributed by atoms with E-state index in [1.165, 1.54) is 0 Å². The Morgan fingerprint density at radius 2 is 1.78 bits per heavy atom. The van der Waals surface area contributed by atoms with E-state index >= 15 is 0 Å². The first-order chi connectivity index (χ1) is 4.22. The quantitative estimate of drug-likeness (QED) is 0.436. The van der Waals surface area contributed by atoms with Crippen molar-refractivity contribution in [1.29, 1.82) is 0 Å². The van der Waals surface area contributed by atoms with Gasteiger partial charge in [0.1, 0.15) is 0 Å². The Labute approximate surface area is 66.3 Å². The Morgan fingerprint density at radius 3 is 1.78 bits per heavy atom. The third-order valence-electron chi connectivity index (χ3n) is 0.826. The van der Waals surface area contributed by atoms with Gasteiger partial charge in [-0.3, -0.25) is 0 Å². The lowest BCUT2D eigenvalue weighted by molar-refractivity contribution is 0.411. The number of hydrogen-bond donors (Lipinski definition) is 0. The summed E-state index contributed by atoms with van der Waals surface area (Å²) in [5.74, 6) is 0.792. The minimum absolute atomic E-state index is 0.0231. The van der Waals surface area contributed by atoms with Crippen molar-refractivity contribution < 1.29 is 4.74 Å². The van der Waals surface area contributed by atoms with Gasteiger partial charge >= 0.3 is 0 Å². The molecule has 1 heterocycles. The molecule has 0 spiro atoms. The first-order valence-electron chi connectivity index (χ1n) is 3.07. The molecule has 2 unspecified atom stereocenters. The zero-order valence-corrected chi connectivity index (χ0v) is 7.24. The lowest BCUT2D eigenvalue weighted by atomic mass is 10.6. The fourth-order valence-corrected chi connectivity index (χ4v) is 0.322. The summed E-state index contributed by atoms with van der Waals surface area (Å²) in [6, 6.07) is 0. The fraction of sp³-hybridized carbons (Fsp3) is 1.00. The Morgan fingerprint density at radius 1 is 1.56 bits per heavy atom. The summed E-state index contributed by atoms with van der Waals surface area (Å²) in [4.78, 5) is 0. The molecule has 1 nitrogen and oxygen atoms in total. The number of alkyl halides is 2. The van der Waals surface area contributed by atoms with Crippen molar-refractivity contribution in [2.24, 2.45) is 0 Å². The largest absolute Gasteiger partial charge is 0.353 e. The number of rotatable bonds is 1. The summed E-state index contributed by atoms with van der Waals surface area (Å²) in [5, 5.41) is 0. The molecular formula is C6H12Cl2O. The Balaban J connectivity index is 0.000000148. The molecule has 0 aliphatic carbocycles. The lowest BCUT2D eigenvalue weighted by Gasteiger charge is -1.65. The SMILES string of the molecule is CC1OC1Cl.CCCCl. The smallest absolute Gasteiger partial charge is 0.157 e. The Kier molecular flexibility index (Phi) is 5.65. The van der Waals surface area contributed by atoms with Crippen LogP contribution in [0.1, 0.15) is 20.3 Å². The maximum atomic E-state index is 5.31. The molecule has 0 saturated carbocycles. The van der Waals surface area contributed by atoms with E-state index < -0.39 is 0 Å². The second kappa shape index (κ2) is 5.33. The van der Waals surface area contributed by atoms with E-state index in [2.05, 4.69) is 4.74 Å². The predicted octanol–water partition coefficient (Wildman–Crippen LogP) is 2.61.